The van der Waals surface area contributed by atoms with Crippen LogP contribution < -0.4 is 4.74 Å². The van der Waals surface area contributed by atoms with Crippen molar-refractivity contribution in [2.45, 2.75) is 26.1 Å². The number of hydrogen-bond donors (Lipinski definition) is 2. The summed E-state index contributed by atoms with van der Waals surface area (Å²) in [7, 11) is 0. The molecule has 0 aromatic heterocycles. The van der Waals surface area contributed by atoms with E-state index in [0.717, 1.165) is 0 Å². The molecular weight excluding hydrogens is 196 g/mol. The van der Waals surface area contributed by atoms with E-state index in [2.05, 4.69) is 0 Å². The molecule has 2 N–H and O–H groups in total. The summed E-state index contributed by atoms with van der Waals surface area (Å²) >= 11 is 0. The van der Waals surface area contributed by atoms with Crippen molar-refractivity contribution in [1.82, 2.24) is 0 Å². The topological polar surface area (TPSA) is 66.8 Å². The molecule has 82 valence electrons. The fraction of sp³-hybridized carbons (Fsp3) is 0.364. The van der Waals surface area contributed by atoms with Crippen molar-refractivity contribution < 1.29 is 19.7 Å². The first kappa shape index (κ1) is 11.5. The molecule has 0 spiro atoms. The standard InChI is InChI=1S/C11H14O4/c1-7(12)8(2)15-10-5-3-9(4-6-10)11(13)14/h3-8,12H,1-2H3,(H,13,14). The van der Waals surface area contributed by atoms with Gasteiger partial charge in [-0.2, -0.15) is 0 Å². The van der Waals surface area contributed by atoms with Crippen LogP contribution in [0.5, 0.6) is 5.75 Å². The molecule has 1 aromatic rings. The molecule has 2 unspecified atom stereocenters. The number of aromatic carboxylic acids is 1. The van der Waals surface area contributed by atoms with E-state index in [-0.39, 0.29) is 11.7 Å². The van der Waals surface area contributed by atoms with Gasteiger partial charge in [0.15, 0.2) is 0 Å². The Labute approximate surface area is 88.1 Å². The average molecular weight is 210 g/mol. The van der Waals surface area contributed by atoms with Gasteiger partial charge in [0.2, 0.25) is 0 Å². The zero-order valence-corrected chi connectivity index (χ0v) is 8.68. The van der Waals surface area contributed by atoms with Gasteiger partial charge in [-0.25, -0.2) is 4.79 Å². The average Bonchev–Trinajstić information content (AvgIpc) is 2.18. The van der Waals surface area contributed by atoms with Crippen LogP contribution in [0.1, 0.15) is 24.2 Å². The van der Waals surface area contributed by atoms with E-state index in [1.807, 2.05) is 0 Å². The van der Waals surface area contributed by atoms with E-state index in [1.165, 1.54) is 12.1 Å². The molecule has 0 saturated heterocycles. The Kier molecular flexibility index (Phi) is 3.68. The van der Waals surface area contributed by atoms with Gasteiger partial charge in [0.25, 0.3) is 0 Å². The molecule has 0 aliphatic rings. The minimum atomic E-state index is -0.967. The number of ether oxygens (including phenoxy) is 1. The van der Waals surface area contributed by atoms with Gasteiger partial charge in [0.1, 0.15) is 11.9 Å². The smallest absolute Gasteiger partial charge is 0.335 e. The third-order valence-corrected chi connectivity index (χ3v) is 2.10. The zero-order chi connectivity index (χ0) is 11.4. The van der Waals surface area contributed by atoms with Crippen LogP contribution in [-0.4, -0.2) is 28.4 Å². The molecule has 0 aliphatic heterocycles. The van der Waals surface area contributed by atoms with Crippen LogP contribution in [0.2, 0.25) is 0 Å². The Morgan fingerprint density at radius 3 is 2.20 bits per heavy atom. The molecule has 0 bridgehead atoms. The third kappa shape index (κ3) is 3.25. The zero-order valence-electron chi connectivity index (χ0n) is 8.68. The number of rotatable bonds is 4. The van der Waals surface area contributed by atoms with Crippen molar-refractivity contribution in [2.75, 3.05) is 0 Å². The predicted molar refractivity (Wildman–Crippen MR) is 55.2 cm³/mol. The number of carbonyl (C=O) groups is 1. The minimum Gasteiger partial charge on any atom is -0.488 e. The maximum Gasteiger partial charge on any atom is 0.335 e. The van der Waals surface area contributed by atoms with Crippen molar-refractivity contribution in [1.29, 1.82) is 0 Å². The molecular formula is C11H14O4. The molecule has 0 aliphatic carbocycles. The van der Waals surface area contributed by atoms with E-state index in [0.29, 0.717) is 5.75 Å². The first-order valence-corrected chi connectivity index (χ1v) is 4.69. The third-order valence-electron chi connectivity index (χ3n) is 2.10. The van der Waals surface area contributed by atoms with Crippen molar-refractivity contribution in [3.8, 4) is 5.75 Å². The van der Waals surface area contributed by atoms with Gasteiger partial charge >= 0.3 is 5.97 Å². The fourth-order valence-corrected chi connectivity index (χ4v) is 0.989. The van der Waals surface area contributed by atoms with Crippen LogP contribution in [0.3, 0.4) is 0 Å². The normalized spacial score (nSPS) is 14.3. The van der Waals surface area contributed by atoms with Gasteiger partial charge in [-0.15, -0.1) is 0 Å². The lowest BCUT2D eigenvalue weighted by Crippen LogP contribution is -2.25. The van der Waals surface area contributed by atoms with E-state index >= 15 is 0 Å². The molecule has 15 heavy (non-hydrogen) atoms. The fourth-order valence-electron chi connectivity index (χ4n) is 0.989. The van der Waals surface area contributed by atoms with Gasteiger partial charge in [-0.3, -0.25) is 0 Å². The van der Waals surface area contributed by atoms with Gasteiger partial charge in [0, 0.05) is 0 Å². The summed E-state index contributed by atoms with van der Waals surface area (Å²) in [4.78, 5) is 10.6. The SMILES string of the molecule is CC(O)C(C)Oc1ccc(C(=O)O)cc1. The van der Waals surface area contributed by atoms with Gasteiger partial charge in [-0.1, -0.05) is 0 Å². The summed E-state index contributed by atoms with van der Waals surface area (Å²) in [6, 6.07) is 6.07. The largest absolute Gasteiger partial charge is 0.488 e. The number of hydrogen-bond acceptors (Lipinski definition) is 3. The highest BCUT2D eigenvalue weighted by Gasteiger charge is 2.10. The first-order valence-electron chi connectivity index (χ1n) is 4.69. The maximum atomic E-state index is 10.6. The Hall–Kier alpha value is -1.55. The molecule has 0 heterocycles. The Balaban J connectivity index is 2.68. The highest BCUT2D eigenvalue weighted by atomic mass is 16.5. The van der Waals surface area contributed by atoms with Gasteiger partial charge < -0.3 is 14.9 Å². The van der Waals surface area contributed by atoms with Crippen molar-refractivity contribution in [3.05, 3.63) is 29.8 Å². The van der Waals surface area contributed by atoms with Gasteiger partial charge in [-0.05, 0) is 38.1 Å². The van der Waals surface area contributed by atoms with E-state index < -0.39 is 12.1 Å². The second-order valence-electron chi connectivity index (χ2n) is 3.39. The quantitative estimate of drug-likeness (QED) is 0.790. The molecule has 4 nitrogen and oxygen atoms in total. The Morgan fingerprint density at radius 1 is 1.27 bits per heavy atom. The maximum absolute atomic E-state index is 10.6. The van der Waals surface area contributed by atoms with Crippen molar-refractivity contribution in [2.24, 2.45) is 0 Å². The summed E-state index contributed by atoms with van der Waals surface area (Å²) in [5.41, 5.74) is 0.215. The van der Waals surface area contributed by atoms with E-state index in [9.17, 15) is 9.90 Å². The summed E-state index contributed by atoms with van der Waals surface area (Å²) in [6.45, 7) is 3.38. The second-order valence-corrected chi connectivity index (χ2v) is 3.39. The number of carboxylic acids is 1. The Bertz CT molecular complexity index is 329. The lowest BCUT2D eigenvalue weighted by molar-refractivity contribution is 0.0603. The summed E-state index contributed by atoms with van der Waals surface area (Å²) < 4.78 is 5.37. The van der Waals surface area contributed by atoms with Crippen LogP contribution in [0.15, 0.2) is 24.3 Å². The minimum absolute atomic E-state index is 0.215. The van der Waals surface area contributed by atoms with Crippen LogP contribution in [0, 0.1) is 0 Å². The molecule has 4 heteroatoms. The van der Waals surface area contributed by atoms with Crippen LogP contribution in [0.25, 0.3) is 0 Å². The number of benzene rings is 1. The van der Waals surface area contributed by atoms with Crippen LogP contribution in [0.4, 0.5) is 0 Å². The molecule has 1 aromatic carbocycles. The Morgan fingerprint density at radius 2 is 1.80 bits per heavy atom. The monoisotopic (exact) mass is 210 g/mol. The molecule has 0 fully saturated rings. The molecule has 0 radical (unpaired) electrons. The summed E-state index contributed by atoms with van der Waals surface area (Å²) in [6.07, 6.45) is -0.884. The lowest BCUT2D eigenvalue weighted by atomic mass is 10.2. The van der Waals surface area contributed by atoms with E-state index in [4.69, 9.17) is 9.84 Å². The van der Waals surface area contributed by atoms with Crippen molar-refractivity contribution >= 4 is 5.97 Å². The predicted octanol–water partition coefficient (Wildman–Crippen LogP) is 1.53. The van der Waals surface area contributed by atoms with E-state index in [1.54, 1.807) is 26.0 Å². The lowest BCUT2D eigenvalue weighted by Gasteiger charge is -2.17. The highest BCUT2D eigenvalue weighted by Crippen LogP contribution is 2.14. The van der Waals surface area contributed by atoms with Crippen LogP contribution in [-0.2, 0) is 0 Å². The van der Waals surface area contributed by atoms with Gasteiger partial charge in [0.05, 0.1) is 11.7 Å². The molecule has 2 atom stereocenters. The molecule has 1 rings (SSSR count). The number of aliphatic hydroxyl groups excluding tert-OH is 1. The van der Waals surface area contributed by atoms with Crippen LogP contribution >= 0.6 is 0 Å². The summed E-state index contributed by atoms with van der Waals surface area (Å²) in [5, 5.41) is 17.9. The van der Waals surface area contributed by atoms with Crippen molar-refractivity contribution in [3.63, 3.8) is 0 Å². The second kappa shape index (κ2) is 4.79. The molecule has 0 saturated carbocycles. The molecule has 0 amide bonds. The summed E-state index contributed by atoms with van der Waals surface area (Å²) in [5.74, 6) is -0.418. The number of aliphatic hydroxyl groups is 1. The first-order chi connectivity index (χ1) is 7.00. The number of carboxylic acid groups (broad SMARTS) is 1. The highest BCUT2D eigenvalue weighted by molar-refractivity contribution is 5.87.